The zero-order valence-electron chi connectivity index (χ0n) is 10.7. The predicted molar refractivity (Wildman–Crippen MR) is 71.6 cm³/mol. The maximum atomic E-state index is 10.6. The zero-order chi connectivity index (χ0) is 13.0. The third kappa shape index (κ3) is 2.48. The summed E-state index contributed by atoms with van der Waals surface area (Å²) in [5.41, 5.74) is 6.49. The van der Waals surface area contributed by atoms with Gasteiger partial charge in [0.05, 0.1) is 5.69 Å². The molecule has 2 rings (SSSR count). The van der Waals surface area contributed by atoms with Crippen LogP contribution < -0.4 is 15.8 Å². The largest absolute Gasteiger partial charge is 0.483 e. The highest BCUT2D eigenvalue weighted by Crippen LogP contribution is 2.38. The Hall–Kier alpha value is -1.55. The molecule has 1 aliphatic carbocycles. The van der Waals surface area contributed by atoms with Crippen molar-refractivity contribution in [2.24, 2.45) is 5.73 Å². The molecular formula is C14H20N2O2. The average Bonchev–Trinajstić information content (AvgIpc) is 2.82. The van der Waals surface area contributed by atoms with Crippen LogP contribution in [0.25, 0.3) is 0 Å². The van der Waals surface area contributed by atoms with Gasteiger partial charge in [0.1, 0.15) is 11.4 Å². The molecule has 3 N–H and O–H groups in total. The number of carbonyl (C=O) groups is 1. The van der Waals surface area contributed by atoms with Crippen LogP contribution in [0.3, 0.4) is 0 Å². The van der Waals surface area contributed by atoms with Gasteiger partial charge in [0.2, 0.25) is 6.41 Å². The summed E-state index contributed by atoms with van der Waals surface area (Å²) in [6.45, 7) is 1.99. The number of nitrogens with one attached hydrogen (secondary N) is 1. The molecular weight excluding hydrogens is 228 g/mol. The van der Waals surface area contributed by atoms with Crippen molar-refractivity contribution in [3.8, 4) is 5.75 Å². The SMILES string of the molecule is CC(N)C1(Oc2ccccc2NC=O)CCCC1. The van der Waals surface area contributed by atoms with Crippen molar-refractivity contribution in [1.82, 2.24) is 0 Å². The van der Waals surface area contributed by atoms with Crippen molar-refractivity contribution in [1.29, 1.82) is 0 Å². The van der Waals surface area contributed by atoms with Crippen LogP contribution in [0, 0.1) is 0 Å². The first kappa shape index (κ1) is 12.9. The third-order valence-electron chi connectivity index (χ3n) is 3.69. The molecule has 18 heavy (non-hydrogen) atoms. The Morgan fingerprint density at radius 2 is 2.06 bits per heavy atom. The fraction of sp³-hybridized carbons (Fsp3) is 0.500. The summed E-state index contributed by atoms with van der Waals surface area (Å²) in [6, 6.07) is 7.44. The van der Waals surface area contributed by atoms with E-state index in [9.17, 15) is 4.79 Å². The normalized spacial score (nSPS) is 19.2. The van der Waals surface area contributed by atoms with Gasteiger partial charge in [0.25, 0.3) is 0 Å². The number of carbonyl (C=O) groups excluding carboxylic acids is 1. The van der Waals surface area contributed by atoms with E-state index in [1.807, 2.05) is 31.2 Å². The van der Waals surface area contributed by atoms with Gasteiger partial charge < -0.3 is 15.8 Å². The fourth-order valence-electron chi connectivity index (χ4n) is 2.58. The highest BCUT2D eigenvalue weighted by molar-refractivity contribution is 5.75. The molecule has 0 saturated heterocycles. The molecule has 1 saturated carbocycles. The van der Waals surface area contributed by atoms with Crippen molar-refractivity contribution in [2.45, 2.75) is 44.2 Å². The minimum Gasteiger partial charge on any atom is -0.483 e. The standard InChI is InChI=1S/C14H20N2O2/c1-11(15)14(8-4-5-9-14)18-13-7-3-2-6-12(13)16-10-17/h2-3,6-7,10-11H,4-5,8-9,15H2,1H3,(H,16,17). The lowest BCUT2D eigenvalue weighted by Gasteiger charge is -2.34. The van der Waals surface area contributed by atoms with E-state index in [1.165, 1.54) is 0 Å². The Balaban J connectivity index is 2.24. The summed E-state index contributed by atoms with van der Waals surface area (Å²) in [4.78, 5) is 10.6. The summed E-state index contributed by atoms with van der Waals surface area (Å²) in [6.07, 6.45) is 4.89. The van der Waals surface area contributed by atoms with Crippen molar-refractivity contribution >= 4 is 12.1 Å². The number of anilines is 1. The lowest BCUT2D eigenvalue weighted by Crippen LogP contribution is -2.48. The fourth-order valence-corrected chi connectivity index (χ4v) is 2.58. The lowest BCUT2D eigenvalue weighted by molar-refractivity contribution is -0.105. The molecule has 0 spiro atoms. The second kappa shape index (κ2) is 5.40. The maximum absolute atomic E-state index is 10.6. The summed E-state index contributed by atoms with van der Waals surface area (Å²) >= 11 is 0. The molecule has 0 bridgehead atoms. The Morgan fingerprint density at radius 3 is 2.67 bits per heavy atom. The van der Waals surface area contributed by atoms with Gasteiger partial charge in [0, 0.05) is 6.04 Å². The van der Waals surface area contributed by atoms with Crippen LogP contribution >= 0.6 is 0 Å². The first-order valence-electron chi connectivity index (χ1n) is 6.42. The number of nitrogens with two attached hydrogens (primary N) is 1. The highest BCUT2D eigenvalue weighted by atomic mass is 16.5. The van der Waals surface area contributed by atoms with Crippen molar-refractivity contribution < 1.29 is 9.53 Å². The summed E-state index contributed by atoms with van der Waals surface area (Å²) in [5.74, 6) is 0.698. The maximum Gasteiger partial charge on any atom is 0.211 e. The van der Waals surface area contributed by atoms with Crippen LogP contribution in [0.4, 0.5) is 5.69 Å². The molecule has 0 aromatic heterocycles. The van der Waals surface area contributed by atoms with Crippen LogP contribution in [-0.2, 0) is 4.79 Å². The number of benzene rings is 1. The first-order valence-corrected chi connectivity index (χ1v) is 6.42. The third-order valence-corrected chi connectivity index (χ3v) is 3.69. The number of ether oxygens (including phenoxy) is 1. The van der Waals surface area contributed by atoms with E-state index in [-0.39, 0.29) is 11.6 Å². The molecule has 1 atom stereocenters. The molecule has 1 aromatic rings. The van der Waals surface area contributed by atoms with Crippen molar-refractivity contribution in [3.63, 3.8) is 0 Å². The summed E-state index contributed by atoms with van der Waals surface area (Å²) in [5, 5.41) is 2.66. The quantitative estimate of drug-likeness (QED) is 0.786. The van der Waals surface area contributed by atoms with E-state index >= 15 is 0 Å². The van der Waals surface area contributed by atoms with Crippen molar-refractivity contribution in [3.05, 3.63) is 24.3 Å². The number of amides is 1. The Bertz CT molecular complexity index is 412. The van der Waals surface area contributed by atoms with E-state index in [4.69, 9.17) is 10.5 Å². The molecule has 1 amide bonds. The minimum atomic E-state index is -0.291. The zero-order valence-corrected chi connectivity index (χ0v) is 10.7. The molecule has 1 fully saturated rings. The molecule has 4 nitrogen and oxygen atoms in total. The topological polar surface area (TPSA) is 64.3 Å². The molecule has 1 aromatic carbocycles. The summed E-state index contributed by atoms with van der Waals surface area (Å²) < 4.78 is 6.16. The van der Waals surface area contributed by atoms with Gasteiger partial charge in [-0.2, -0.15) is 0 Å². The molecule has 0 radical (unpaired) electrons. The van der Waals surface area contributed by atoms with Crippen LogP contribution in [0.15, 0.2) is 24.3 Å². The van der Waals surface area contributed by atoms with Crippen LogP contribution in [0.2, 0.25) is 0 Å². The van der Waals surface area contributed by atoms with Gasteiger partial charge in [0.15, 0.2) is 0 Å². The molecule has 0 heterocycles. The number of hydrogen-bond acceptors (Lipinski definition) is 3. The van der Waals surface area contributed by atoms with E-state index in [1.54, 1.807) is 0 Å². The molecule has 0 aliphatic heterocycles. The van der Waals surface area contributed by atoms with Crippen LogP contribution in [0.5, 0.6) is 5.75 Å². The molecule has 4 heteroatoms. The van der Waals surface area contributed by atoms with Gasteiger partial charge in [-0.05, 0) is 44.7 Å². The monoisotopic (exact) mass is 248 g/mol. The molecule has 1 unspecified atom stereocenters. The number of para-hydroxylation sites is 2. The minimum absolute atomic E-state index is 0.0238. The predicted octanol–water partition coefficient (Wildman–Crippen LogP) is 2.29. The van der Waals surface area contributed by atoms with E-state index in [0.29, 0.717) is 17.8 Å². The van der Waals surface area contributed by atoms with Crippen molar-refractivity contribution in [2.75, 3.05) is 5.32 Å². The van der Waals surface area contributed by atoms with Gasteiger partial charge in [-0.1, -0.05) is 12.1 Å². The van der Waals surface area contributed by atoms with Gasteiger partial charge in [-0.3, -0.25) is 4.79 Å². The second-order valence-electron chi connectivity index (χ2n) is 4.92. The smallest absolute Gasteiger partial charge is 0.211 e. The second-order valence-corrected chi connectivity index (χ2v) is 4.92. The van der Waals surface area contributed by atoms with E-state index in [2.05, 4.69) is 5.32 Å². The molecule has 1 aliphatic rings. The molecule has 98 valence electrons. The average molecular weight is 248 g/mol. The van der Waals surface area contributed by atoms with Gasteiger partial charge >= 0.3 is 0 Å². The first-order chi connectivity index (χ1) is 8.68. The lowest BCUT2D eigenvalue weighted by atomic mass is 9.94. The van der Waals surface area contributed by atoms with Gasteiger partial charge in [-0.25, -0.2) is 0 Å². The van der Waals surface area contributed by atoms with Crippen LogP contribution in [0.1, 0.15) is 32.6 Å². The highest BCUT2D eigenvalue weighted by Gasteiger charge is 2.40. The van der Waals surface area contributed by atoms with E-state index < -0.39 is 0 Å². The Labute approximate surface area is 108 Å². The number of hydrogen-bond donors (Lipinski definition) is 2. The van der Waals surface area contributed by atoms with Gasteiger partial charge in [-0.15, -0.1) is 0 Å². The van der Waals surface area contributed by atoms with E-state index in [0.717, 1.165) is 25.7 Å². The number of rotatable bonds is 5. The Kier molecular flexibility index (Phi) is 3.87. The summed E-state index contributed by atoms with van der Waals surface area (Å²) in [7, 11) is 0. The Morgan fingerprint density at radius 1 is 1.39 bits per heavy atom. The van der Waals surface area contributed by atoms with Crippen LogP contribution in [-0.4, -0.2) is 18.1 Å².